The van der Waals surface area contributed by atoms with Crippen molar-refractivity contribution in [3.05, 3.63) is 79.3 Å². The SMILES string of the molecule is CN(C)C/C=C/C(=O)N1CCN2c3ccc4ncnc(Nc5ccc(Oc6ccn7ncnc7c6)c(F)c5)c4c3OC[C@@H]2C1. The maximum absolute atomic E-state index is 15.2. The van der Waals surface area contributed by atoms with Crippen molar-refractivity contribution in [1.82, 2.24) is 34.4 Å². The predicted octanol–water partition coefficient (Wildman–Crippen LogP) is 3.87. The van der Waals surface area contributed by atoms with Crippen LogP contribution in [0.5, 0.6) is 17.2 Å². The Kier molecular flexibility index (Phi) is 7.14. The molecule has 13 heteroatoms. The van der Waals surface area contributed by atoms with Gasteiger partial charge in [0.2, 0.25) is 5.91 Å². The van der Waals surface area contributed by atoms with Crippen LogP contribution in [0.4, 0.5) is 21.6 Å². The Morgan fingerprint density at radius 3 is 2.91 bits per heavy atom. The molecule has 1 amide bonds. The van der Waals surface area contributed by atoms with Crippen LogP contribution in [0.1, 0.15) is 0 Å². The van der Waals surface area contributed by atoms with Gasteiger partial charge in [0.1, 0.15) is 30.8 Å². The molecular weight excluding hydrogens is 565 g/mol. The molecule has 1 atom stereocenters. The van der Waals surface area contributed by atoms with Gasteiger partial charge in [0.15, 0.2) is 23.0 Å². The topological polar surface area (TPSA) is 113 Å². The molecule has 0 spiro atoms. The number of aromatic nitrogens is 5. The summed E-state index contributed by atoms with van der Waals surface area (Å²) < 4.78 is 28.9. The van der Waals surface area contributed by atoms with Crippen LogP contribution in [-0.2, 0) is 4.79 Å². The highest BCUT2D eigenvalue weighted by molar-refractivity contribution is 6.00. The summed E-state index contributed by atoms with van der Waals surface area (Å²) >= 11 is 0. The Labute approximate surface area is 252 Å². The Balaban J connectivity index is 1.11. The maximum atomic E-state index is 15.2. The number of nitrogens with zero attached hydrogens (tertiary/aromatic N) is 8. The molecule has 0 saturated carbocycles. The number of rotatable bonds is 7. The van der Waals surface area contributed by atoms with Crippen LogP contribution in [0, 0.1) is 5.82 Å². The molecular formula is C31H30FN9O3. The van der Waals surface area contributed by atoms with E-state index in [1.54, 1.807) is 41.1 Å². The summed E-state index contributed by atoms with van der Waals surface area (Å²) in [5, 5.41) is 8.00. The molecule has 224 valence electrons. The lowest BCUT2D eigenvalue weighted by Crippen LogP contribution is -2.58. The summed E-state index contributed by atoms with van der Waals surface area (Å²) in [6, 6.07) is 12.0. The zero-order valence-electron chi connectivity index (χ0n) is 24.2. The van der Waals surface area contributed by atoms with Gasteiger partial charge in [-0.3, -0.25) is 4.79 Å². The van der Waals surface area contributed by atoms with E-state index in [0.29, 0.717) is 72.3 Å². The lowest BCUT2D eigenvalue weighted by Gasteiger charge is -2.45. The first kappa shape index (κ1) is 27.5. The van der Waals surface area contributed by atoms with Crippen molar-refractivity contribution in [2.24, 2.45) is 0 Å². The van der Waals surface area contributed by atoms with E-state index in [2.05, 4.69) is 30.3 Å². The molecule has 0 aliphatic carbocycles. The summed E-state index contributed by atoms with van der Waals surface area (Å²) in [7, 11) is 3.93. The van der Waals surface area contributed by atoms with Gasteiger partial charge in [-0.2, -0.15) is 5.10 Å². The molecule has 12 nitrogen and oxygen atoms in total. The number of hydrogen-bond acceptors (Lipinski definition) is 10. The average Bonchev–Trinajstić information content (AvgIpc) is 3.49. The molecule has 2 aliphatic rings. The number of hydrogen-bond donors (Lipinski definition) is 1. The maximum Gasteiger partial charge on any atom is 0.246 e. The zero-order valence-corrected chi connectivity index (χ0v) is 24.2. The van der Waals surface area contributed by atoms with Crippen molar-refractivity contribution in [2.45, 2.75) is 6.04 Å². The average molecular weight is 596 g/mol. The number of ether oxygens (including phenoxy) is 2. The van der Waals surface area contributed by atoms with E-state index in [1.807, 2.05) is 42.1 Å². The standard InChI is InChI=1S/C31H30FN9O3/c1-38(2)10-3-4-28(42)39-12-13-40-21(16-39)17-43-30-25(40)7-6-24-29(30)31(35-18-33-24)37-20-5-8-26(23(32)14-20)44-22-9-11-41-27(15-22)34-19-36-41/h3-9,11,14-15,18-19,21H,10,12-13,16-17H2,1-2H3,(H,33,35,37)/b4-3+/t21-/m0/s1. The molecule has 5 heterocycles. The van der Waals surface area contributed by atoms with Crippen molar-refractivity contribution in [2.75, 3.05) is 57.1 Å². The van der Waals surface area contributed by atoms with Gasteiger partial charge in [-0.15, -0.1) is 0 Å². The van der Waals surface area contributed by atoms with Gasteiger partial charge in [-0.05, 0) is 44.4 Å². The summed E-state index contributed by atoms with van der Waals surface area (Å²) in [4.78, 5) is 32.0. The number of pyridine rings is 1. The Morgan fingerprint density at radius 2 is 2.05 bits per heavy atom. The number of carbonyl (C=O) groups is 1. The molecule has 0 radical (unpaired) electrons. The quantitative estimate of drug-likeness (QED) is 0.278. The molecule has 1 N–H and O–H groups in total. The van der Waals surface area contributed by atoms with Crippen molar-refractivity contribution in [3.63, 3.8) is 0 Å². The fourth-order valence-corrected chi connectivity index (χ4v) is 5.53. The van der Waals surface area contributed by atoms with E-state index in [1.165, 1.54) is 18.7 Å². The van der Waals surface area contributed by atoms with Crippen LogP contribution in [0.25, 0.3) is 16.6 Å². The second kappa shape index (κ2) is 11.4. The zero-order chi connectivity index (χ0) is 30.2. The highest BCUT2D eigenvalue weighted by atomic mass is 19.1. The van der Waals surface area contributed by atoms with Crippen molar-refractivity contribution < 1.29 is 18.7 Å². The van der Waals surface area contributed by atoms with Crippen LogP contribution in [0.3, 0.4) is 0 Å². The number of amides is 1. The van der Waals surface area contributed by atoms with E-state index in [4.69, 9.17) is 9.47 Å². The van der Waals surface area contributed by atoms with Crippen LogP contribution < -0.4 is 19.7 Å². The Bertz CT molecular complexity index is 1890. The third-order valence-electron chi connectivity index (χ3n) is 7.66. The number of fused-ring (bicyclic) bond motifs is 6. The van der Waals surface area contributed by atoms with Crippen molar-refractivity contribution >= 4 is 39.6 Å². The van der Waals surface area contributed by atoms with Crippen molar-refractivity contribution in [3.8, 4) is 17.2 Å². The van der Waals surface area contributed by atoms with Crippen LogP contribution in [0.15, 0.2) is 73.5 Å². The molecule has 5 aromatic rings. The van der Waals surface area contributed by atoms with Gasteiger partial charge in [0.05, 0.1) is 22.6 Å². The fraction of sp³-hybridized carbons (Fsp3) is 0.258. The molecule has 3 aromatic heterocycles. The summed E-state index contributed by atoms with van der Waals surface area (Å²) in [6.07, 6.45) is 8.13. The normalized spacial score (nSPS) is 16.3. The fourth-order valence-electron chi connectivity index (χ4n) is 5.53. The molecule has 1 fully saturated rings. The number of benzene rings is 2. The minimum atomic E-state index is -0.542. The number of halogens is 1. The highest BCUT2D eigenvalue weighted by Gasteiger charge is 2.35. The van der Waals surface area contributed by atoms with Crippen LogP contribution in [0.2, 0.25) is 0 Å². The number of nitrogens with one attached hydrogen (secondary N) is 1. The number of carbonyl (C=O) groups excluding carboxylic acids is 1. The second-order valence-corrected chi connectivity index (χ2v) is 10.9. The molecule has 7 rings (SSSR count). The molecule has 2 aliphatic heterocycles. The molecule has 0 unspecified atom stereocenters. The van der Waals surface area contributed by atoms with E-state index in [9.17, 15) is 4.79 Å². The van der Waals surface area contributed by atoms with Crippen LogP contribution in [-0.4, -0.2) is 93.2 Å². The third kappa shape index (κ3) is 5.33. The Hall–Kier alpha value is -5.30. The first-order chi connectivity index (χ1) is 21.4. The molecule has 1 saturated heterocycles. The first-order valence-corrected chi connectivity index (χ1v) is 14.2. The number of piperazine rings is 1. The summed E-state index contributed by atoms with van der Waals surface area (Å²) in [5.41, 5.74) is 2.70. The van der Waals surface area contributed by atoms with E-state index < -0.39 is 5.82 Å². The monoisotopic (exact) mass is 595 g/mol. The second-order valence-electron chi connectivity index (χ2n) is 10.9. The van der Waals surface area contributed by atoms with E-state index in [0.717, 1.165) is 5.69 Å². The highest BCUT2D eigenvalue weighted by Crippen LogP contribution is 2.43. The van der Waals surface area contributed by atoms with Gasteiger partial charge in [0, 0.05) is 56.3 Å². The minimum Gasteiger partial charge on any atom is -0.488 e. The number of anilines is 3. The van der Waals surface area contributed by atoms with Crippen LogP contribution >= 0.6 is 0 Å². The summed E-state index contributed by atoms with van der Waals surface area (Å²) in [6.45, 7) is 2.97. The third-order valence-corrected chi connectivity index (χ3v) is 7.66. The van der Waals surface area contributed by atoms with Gasteiger partial charge in [-0.25, -0.2) is 23.9 Å². The first-order valence-electron chi connectivity index (χ1n) is 14.2. The summed E-state index contributed by atoms with van der Waals surface area (Å²) in [5.74, 6) is 1.15. The van der Waals surface area contributed by atoms with Gasteiger partial charge >= 0.3 is 0 Å². The lowest BCUT2D eigenvalue weighted by atomic mass is 10.1. The van der Waals surface area contributed by atoms with Crippen molar-refractivity contribution in [1.29, 1.82) is 0 Å². The minimum absolute atomic E-state index is 0.00994. The molecule has 44 heavy (non-hydrogen) atoms. The Morgan fingerprint density at radius 1 is 1.14 bits per heavy atom. The molecule has 0 bridgehead atoms. The van der Waals surface area contributed by atoms with E-state index in [-0.39, 0.29) is 17.7 Å². The number of likely N-dealkylation sites (N-methyl/N-ethyl adjacent to an activating group) is 1. The lowest BCUT2D eigenvalue weighted by molar-refractivity contribution is -0.127. The van der Waals surface area contributed by atoms with Gasteiger partial charge < -0.3 is 29.5 Å². The van der Waals surface area contributed by atoms with E-state index >= 15 is 4.39 Å². The largest absolute Gasteiger partial charge is 0.488 e. The van der Waals surface area contributed by atoms with Gasteiger partial charge in [-0.1, -0.05) is 6.08 Å². The van der Waals surface area contributed by atoms with Gasteiger partial charge in [0.25, 0.3) is 0 Å². The predicted molar refractivity (Wildman–Crippen MR) is 163 cm³/mol. The molecule has 2 aromatic carbocycles. The smallest absolute Gasteiger partial charge is 0.246 e.